The van der Waals surface area contributed by atoms with Crippen LogP contribution in [0.5, 0.6) is 5.75 Å². The molecular formula is C20H19NO3S. The average molecular weight is 353 g/mol. The van der Waals surface area contributed by atoms with Crippen LogP contribution in [-0.2, 0) is 4.79 Å². The van der Waals surface area contributed by atoms with Gasteiger partial charge in [-0.1, -0.05) is 42.5 Å². The number of hydrogen-bond donors (Lipinski definition) is 1. The molecule has 2 aromatic carbocycles. The number of carbonyl (C=O) groups is 1. The fourth-order valence-electron chi connectivity index (χ4n) is 3.12. The Morgan fingerprint density at radius 2 is 1.80 bits per heavy atom. The van der Waals surface area contributed by atoms with Crippen LogP contribution in [0.4, 0.5) is 5.69 Å². The van der Waals surface area contributed by atoms with Crippen LogP contribution in [0.15, 0.2) is 65.9 Å². The topological polar surface area (TPSA) is 49.8 Å². The van der Waals surface area contributed by atoms with Crippen molar-refractivity contribution >= 4 is 28.8 Å². The Kier molecular flexibility index (Phi) is 4.86. The molecule has 1 aliphatic rings. The molecule has 25 heavy (non-hydrogen) atoms. The third-order valence-corrected chi connectivity index (χ3v) is 4.73. The summed E-state index contributed by atoms with van der Waals surface area (Å²) >= 11 is 5.57. The highest BCUT2D eigenvalue weighted by Gasteiger charge is 2.37. The van der Waals surface area contributed by atoms with Gasteiger partial charge in [-0.15, -0.1) is 0 Å². The fraction of sp³-hybridized carbons (Fsp3) is 0.200. The van der Waals surface area contributed by atoms with Crippen LogP contribution in [0, 0.1) is 0 Å². The van der Waals surface area contributed by atoms with E-state index >= 15 is 0 Å². The van der Waals surface area contributed by atoms with Crippen LogP contribution in [0.2, 0.25) is 0 Å². The predicted molar refractivity (Wildman–Crippen MR) is 102 cm³/mol. The molecule has 0 aromatic heterocycles. The summed E-state index contributed by atoms with van der Waals surface area (Å²) in [6, 6.07) is 16.8. The van der Waals surface area contributed by atoms with E-state index in [-0.39, 0.29) is 24.0 Å². The molecule has 1 saturated heterocycles. The summed E-state index contributed by atoms with van der Waals surface area (Å²) in [4.78, 5) is 14.6. The minimum absolute atomic E-state index is 0.0815. The molecule has 1 atom stereocenters. The smallest absolute Gasteiger partial charge is 0.233 e. The number of piperidine rings is 1. The molecule has 2 aromatic rings. The second kappa shape index (κ2) is 7.07. The van der Waals surface area contributed by atoms with Gasteiger partial charge in [-0.05, 0) is 36.8 Å². The molecule has 0 aliphatic carbocycles. The highest BCUT2D eigenvalue weighted by atomic mass is 32.1. The molecule has 4 nitrogen and oxygen atoms in total. The van der Waals surface area contributed by atoms with E-state index < -0.39 is 0 Å². The number of nitrogens with zero attached hydrogens (tertiary/aromatic N) is 1. The first kappa shape index (κ1) is 17.2. The largest absolute Gasteiger partial charge is 0.512 e. The summed E-state index contributed by atoms with van der Waals surface area (Å²) in [7, 11) is 1.61. The second-order valence-electron chi connectivity index (χ2n) is 5.90. The molecule has 1 heterocycles. The van der Waals surface area contributed by atoms with E-state index in [1.54, 1.807) is 14.0 Å². The van der Waals surface area contributed by atoms with Crippen LogP contribution in [-0.4, -0.2) is 23.1 Å². The number of amides is 1. The minimum atomic E-state index is -0.268. The normalized spacial score (nSPS) is 19.8. The van der Waals surface area contributed by atoms with E-state index in [9.17, 15) is 9.90 Å². The van der Waals surface area contributed by atoms with Gasteiger partial charge in [0.1, 0.15) is 10.7 Å². The lowest BCUT2D eigenvalue weighted by atomic mass is 9.83. The first-order chi connectivity index (χ1) is 12.0. The number of hydrogen-bond acceptors (Lipinski definition) is 4. The number of anilines is 1. The monoisotopic (exact) mass is 353 g/mol. The van der Waals surface area contributed by atoms with E-state index in [1.165, 1.54) is 4.90 Å². The van der Waals surface area contributed by atoms with Gasteiger partial charge in [0.15, 0.2) is 0 Å². The Morgan fingerprint density at radius 3 is 2.36 bits per heavy atom. The maximum absolute atomic E-state index is 12.8. The molecule has 1 aliphatic heterocycles. The number of benzene rings is 2. The van der Waals surface area contributed by atoms with Crippen LogP contribution < -0.4 is 9.64 Å². The van der Waals surface area contributed by atoms with E-state index in [2.05, 4.69) is 0 Å². The SMILES string of the molecule is COc1ccc(C2CC(=O)N(c3ccccc3)C(=S)/C2=C(/C)O)cc1. The maximum atomic E-state index is 12.8. The summed E-state index contributed by atoms with van der Waals surface area (Å²) in [5.74, 6) is 0.530. The number of rotatable bonds is 3. The van der Waals surface area contributed by atoms with Gasteiger partial charge in [0.25, 0.3) is 0 Å². The number of thiocarbonyl (C=S) groups is 1. The third kappa shape index (κ3) is 3.28. The predicted octanol–water partition coefficient (Wildman–Crippen LogP) is 4.38. The van der Waals surface area contributed by atoms with Crippen molar-refractivity contribution < 1.29 is 14.6 Å². The molecule has 0 radical (unpaired) electrons. The Bertz CT molecular complexity index is 824. The molecule has 1 amide bonds. The van der Waals surface area contributed by atoms with Gasteiger partial charge in [0.2, 0.25) is 5.91 Å². The molecular weight excluding hydrogens is 334 g/mol. The van der Waals surface area contributed by atoms with Crippen LogP contribution in [0.25, 0.3) is 0 Å². The number of methoxy groups -OCH3 is 1. The molecule has 1 unspecified atom stereocenters. The number of ether oxygens (including phenoxy) is 1. The van der Waals surface area contributed by atoms with Gasteiger partial charge >= 0.3 is 0 Å². The molecule has 5 heteroatoms. The van der Waals surface area contributed by atoms with Crippen molar-refractivity contribution in [2.24, 2.45) is 0 Å². The summed E-state index contributed by atoms with van der Waals surface area (Å²) in [6.45, 7) is 1.61. The van der Waals surface area contributed by atoms with E-state index in [0.29, 0.717) is 16.2 Å². The number of aliphatic hydroxyl groups excluding tert-OH is 1. The van der Waals surface area contributed by atoms with Gasteiger partial charge in [0, 0.05) is 23.6 Å². The quantitative estimate of drug-likeness (QED) is 0.506. The molecule has 3 rings (SSSR count). The maximum Gasteiger partial charge on any atom is 0.233 e. The zero-order valence-corrected chi connectivity index (χ0v) is 14.9. The number of para-hydroxylation sites is 1. The molecule has 0 spiro atoms. The molecule has 1 N–H and O–H groups in total. The van der Waals surface area contributed by atoms with Crippen LogP contribution in [0.3, 0.4) is 0 Å². The van der Waals surface area contributed by atoms with E-state index in [0.717, 1.165) is 11.3 Å². The number of carbonyl (C=O) groups excluding carboxylic acids is 1. The summed E-state index contributed by atoms with van der Waals surface area (Å²) in [6.07, 6.45) is 0.245. The summed E-state index contributed by atoms with van der Waals surface area (Å²) in [5, 5.41) is 10.3. The lowest BCUT2D eigenvalue weighted by Gasteiger charge is -2.35. The lowest BCUT2D eigenvalue weighted by molar-refractivity contribution is -0.118. The molecule has 0 bridgehead atoms. The second-order valence-corrected chi connectivity index (χ2v) is 6.29. The summed E-state index contributed by atoms with van der Waals surface area (Å²) < 4.78 is 5.19. The van der Waals surface area contributed by atoms with Crippen molar-refractivity contribution in [2.45, 2.75) is 19.3 Å². The third-order valence-electron chi connectivity index (χ3n) is 4.33. The van der Waals surface area contributed by atoms with Crippen molar-refractivity contribution in [2.75, 3.05) is 12.0 Å². The van der Waals surface area contributed by atoms with Crippen LogP contribution in [0.1, 0.15) is 24.8 Å². The van der Waals surface area contributed by atoms with Crippen molar-refractivity contribution in [3.05, 3.63) is 71.5 Å². The van der Waals surface area contributed by atoms with Crippen molar-refractivity contribution in [1.82, 2.24) is 0 Å². The molecule has 128 valence electrons. The molecule has 1 fully saturated rings. The van der Waals surface area contributed by atoms with Gasteiger partial charge in [0.05, 0.1) is 12.9 Å². The lowest BCUT2D eigenvalue weighted by Crippen LogP contribution is -2.44. The first-order valence-corrected chi connectivity index (χ1v) is 8.39. The fourth-order valence-corrected chi connectivity index (χ4v) is 3.61. The van der Waals surface area contributed by atoms with Gasteiger partial charge in [-0.3, -0.25) is 9.69 Å². The number of aliphatic hydroxyl groups is 1. The molecule has 0 saturated carbocycles. The van der Waals surface area contributed by atoms with Crippen molar-refractivity contribution in [1.29, 1.82) is 0 Å². The summed E-state index contributed by atoms with van der Waals surface area (Å²) in [5.41, 5.74) is 2.25. The van der Waals surface area contributed by atoms with Crippen LogP contribution >= 0.6 is 12.2 Å². The van der Waals surface area contributed by atoms with E-state index in [1.807, 2.05) is 54.6 Å². The first-order valence-electron chi connectivity index (χ1n) is 7.99. The van der Waals surface area contributed by atoms with Gasteiger partial charge in [-0.25, -0.2) is 0 Å². The van der Waals surface area contributed by atoms with Crippen molar-refractivity contribution in [3.8, 4) is 5.75 Å². The average Bonchev–Trinajstić information content (AvgIpc) is 2.62. The Hall–Kier alpha value is -2.66. The van der Waals surface area contributed by atoms with E-state index in [4.69, 9.17) is 17.0 Å². The Morgan fingerprint density at radius 1 is 1.16 bits per heavy atom. The Labute approximate surface area is 152 Å². The zero-order chi connectivity index (χ0) is 18.0. The van der Waals surface area contributed by atoms with Gasteiger partial charge < -0.3 is 9.84 Å². The number of allylic oxidation sites excluding steroid dienone is 1. The zero-order valence-electron chi connectivity index (χ0n) is 14.1. The van der Waals surface area contributed by atoms with Crippen molar-refractivity contribution in [3.63, 3.8) is 0 Å². The van der Waals surface area contributed by atoms with Gasteiger partial charge in [-0.2, -0.15) is 0 Å². The highest BCUT2D eigenvalue weighted by Crippen LogP contribution is 2.38. The minimum Gasteiger partial charge on any atom is -0.512 e. The highest BCUT2D eigenvalue weighted by molar-refractivity contribution is 7.81. The standard InChI is InChI=1S/C20H19NO3S/c1-13(22)19-17(14-8-10-16(24-2)11-9-14)12-18(23)21(20(19)25)15-6-4-3-5-7-15/h3-11,17,22H,12H2,1-2H3/b19-13-. The Balaban J connectivity index is 2.01.